The summed E-state index contributed by atoms with van der Waals surface area (Å²) in [6.45, 7) is 2.20. The van der Waals surface area contributed by atoms with Crippen LogP contribution in [0.2, 0.25) is 0 Å². The molecule has 3 N–H and O–H groups in total. The van der Waals surface area contributed by atoms with Crippen molar-refractivity contribution in [2.75, 3.05) is 44.4 Å². The lowest BCUT2D eigenvalue weighted by atomic mass is 9.97. The van der Waals surface area contributed by atoms with Crippen LogP contribution in [0, 0.1) is 5.82 Å². The van der Waals surface area contributed by atoms with Crippen LogP contribution in [-0.2, 0) is 14.8 Å². The number of nitrogens with zero attached hydrogens (tertiary/aromatic N) is 5. The second-order valence-corrected chi connectivity index (χ2v) is 10.8. The van der Waals surface area contributed by atoms with Gasteiger partial charge in [-0.2, -0.15) is 4.39 Å². The van der Waals surface area contributed by atoms with Gasteiger partial charge >= 0.3 is 0 Å². The number of likely N-dealkylation sites (tertiary alicyclic amines) is 1. The number of hydrogen-bond donors (Lipinski definition) is 2. The number of amides is 1. The summed E-state index contributed by atoms with van der Waals surface area (Å²) in [6, 6.07) is 5.42. The number of para-hydroxylation sites is 1. The fourth-order valence-electron chi connectivity index (χ4n) is 4.62. The standard InChI is InChI=1S/C22H30FN7O3S/c1-28(2)34(32,33)18-10-4-3-8-16(18)30(21-19(23)20(24)26-14-27-21)17-9-6-12-29(22(17)31)15-7-5-11-25-13-15/h3-4,8,10,14-15,17,25H,5-7,9,11-13H2,1-2H3,(H2,24,26,27)/t15-,17?/m1/s1. The average Bonchev–Trinajstić information content (AvgIpc) is 2.83. The maximum atomic E-state index is 15.3. The van der Waals surface area contributed by atoms with Crippen LogP contribution in [-0.4, -0.2) is 79.3 Å². The smallest absolute Gasteiger partial charge is 0.246 e. The largest absolute Gasteiger partial charge is 0.381 e. The molecule has 4 rings (SSSR count). The highest BCUT2D eigenvalue weighted by molar-refractivity contribution is 7.89. The van der Waals surface area contributed by atoms with E-state index in [1.54, 1.807) is 18.2 Å². The van der Waals surface area contributed by atoms with Crippen molar-refractivity contribution in [2.45, 2.75) is 42.7 Å². The van der Waals surface area contributed by atoms with Gasteiger partial charge < -0.3 is 20.9 Å². The van der Waals surface area contributed by atoms with E-state index in [1.807, 2.05) is 4.90 Å². The first-order chi connectivity index (χ1) is 16.2. The normalized spacial score (nSPS) is 21.6. The molecule has 1 unspecified atom stereocenters. The van der Waals surface area contributed by atoms with Crippen molar-refractivity contribution in [2.24, 2.45) is 0 Å². The van der Waals surface area contributed by atoms with Crippen molar-refractivity contribution >= 4 is 33.3 Å². The Hall–Kier alpha value is -2.83. The van der Waals surface area contributed by atoms with Crippen LogP contribution >= 0.6 is 0 Å². The van der Waals surface area contributed by atoms with E-state index in [0.717, 1.165) is 30.0 Å². The number of nitrogens with one attached hydrogen (secondary N) is 1. The molecule has 1 aromatic carbocycles. The van der Waals surface area contributed by atoms with Gasteiger partial charge in [-0.15, -0.1) is 0 Å². The molecule has 184 valence electrons. The summed E-state index contributed by atoms with van der Waals surface area (Å²) in [5, 5.41) is 3.33. The number of rotatable bonds is 6. The quantitative estimate of drug-likeness (QED) is 0.620. The van der Waals surface area contributed by atoms with Gasteiger partial charge in [0.1, 0.15) is 17.3 Å². The number of carbonyl (C=O) groups excluding carboxylic acids is 1. The van der Waals surface area contributed by atoms with Gasteiger partial charge in [0.15, 0.2) is 11.6 Å². The van der Waals surface area contributed by atoms with E-state index < -0.39 is 21.9 Å². The number of piperidine rings is 2. The molecule has 10 nitrogen and oxygen atoms in total. The van der Waals surface area contributed by atoms with E-state index in [0.29, 0.717) is 25.9 Å². The molecule has 12 heteroatoms. The van der Waals surface area contributed by atoms with Crippen LogP contribution in [0.5, 0.6) is 0 Å². The molecule has 0 bridgehead atoms. The second-order valence-electron chi connectivity index (χ2n) is 8.71. The molecular weight excluding hydrogens is 461 g/mol. The van der Waals surface area contributed by atoms with Gasteiger partial charge in [-0.1, -0.05) is 12.1 Å². The molecule has 0 radical (unpaired) electrons. The van der Waals surface area contributed by atoms with Crippen LogP contribution in [0.1, 0.15) is 25.7 Å². The van der Waals surface area contributed by atoms with Gasteiger partial charge in [0.2, 0.25) is 21.7 Å². The third kappa shape index (κ3) is 4.44. The fraction of sp³-hybridized carbons (Fsp3) is 0.500. The second kappa shape index (κ2) is 9.80. The van der Waals surface area contributed by atoms with E-state index >= 15 is 4.39 Å². The monoisotopic (exact) mass is 491 g/mol. The Kier molecular flexibility index (Phi) is 7.01. The summed E-state index contributed by atoms with van der Waals surface area (Å²) < 4.78 is 42.7. The van der Waals surface area contributed by atoms with E-state index in [9.17, 15) is 13.2 Å². The van der Waals surface area contributed by atoms with Crippen molar-refractivity contribution in [1.29, 1.82) is 0 Å². The Balaban J connectivity index is 1.86. The topological polar surface area (TPSA) is 125 Å². The number of halogens is 1. The minimum atomic E-state index is -3.91. The highest BCUT2D eigenvalue weighted by Crippen LogP contribution is 2.38. The molecule has 2 saturated heterocycles. The summed E-state index contributed by atoms with van der Waals surface area (Å²) in [5.74, 6) is -1.69. The van der Waals surface area contributed by atoms with Crippen LogP contribution < -0.4 is 16.0 Å². The number of hydrogen-bond acceptors (Lipinski definition) is 8. The average molecular weight is 492 g/mol. The third-order valence-corrected chi connectivity index (χ3v) is 8.24. The predicted molar refractivity (Wildman–Crippen MR) is 126 cm³/mol. The Labute approximate surface area is 199 Å². The Morgan fingerprint density at radius 3 is 2.65 bits per heavy atom. The minimum Gasteiger partial charge on any atom is -0.381 e. The number of carbonyl (C=O) groups is 1. The number of nitrogens with two attached hydrogens (primary N) is 1. The highest BCUT2D eigenvalue weighted by atomic mass is 32.2. The molecule has 2 aliphatic heterocycles. The Morgan fingerprint density at radius 2 is 1.94 bits per heavy atom. The van der Waals surface area contributed by atoms with Crippen molar-refractivity contribution < 1.29 is 17.6 Å². The zero-order chi connectivity index (χ0) is 24.5. The van der Waals surface area contributed by atoms with Crippen LogP contribution in [0.4, 0.5) is 21.7 Å². The number of sulfonamides is 1. The molecule has 0 aliphatic carbocycles. The number of benzene rings is 1. The van der Waals surface area contributed by atoms with Crippen LogP contribution in [0.15, 0.2) is 35.5 Å². The summed E-state index contributed by atoms with van der Waals surface area (Å²) in [5.41, 5.74) is 5.90. The van der Waals surface area contributed by atoms with Crippen molar-refractivity contribution in [3.05, 3.63) is 36.4 Å². The molecule has 1 aromatic heterocycles. The van der Waals surface area contributed by atoms with E-state index in [4.69, 9.17) is 5.73 Å². The van der Waals surface area contributed by atoms with Crippen molar-refractivity contribution in [3.8, 4) is 0 Å². The molecule has 1 amide bonds. The zero-order valence-electron chi connectivity index (χ0n) is 19.3. The molecule has 2 atom stereocenters. The lowest BCUT2D eigenvalue weighted by molar-refractivity contribution is -0.137. The first-order valence-corrected chi connectivity index (χ1v) is 12.8. The molecule has 0 saturated carbocycles. The van der Waals surface area contributed by atoms with Gasteiger partial charge in [0, 0.05) is 33.2 Å². The fourth-order valence-corrected chi connectivity index (χ4v) is 5.70. The molecular formula is C22H30FN7O3S. The number of nitrogen functional groups attached to an aromatic ring is 1. The van der Waals surface area contributed by atoms with Gasteiger partial charge in [-0.05, 0) is 44.4 Å². The van der Waals surface area contributed by atoms with Gasteiger partial charge in [-0.25, -0.2) is 22.7 Å². The summed E-state index contributed by atoms with van der Waals surface area (Å²) in [4.78, 5) is 24.8. The molecule has 2 aromatic rings. The van der Waals surface area contributed by atoms with E-state index in [2.05, 4.69) is 15.3 Å². The summed E-state index contributed by atoms with van der Waals surface area (Å²) in [7, 11) is -1.07. The summed E-state index contributed by atoms with van der Waals surface area (Å²) in [6.07, 6.45) is 4.05. The maximum absolute atomic E-state index is 15.3. The SMILES string of the molecule is CN(C)S(=O)(=O)c1ccccc1N(c1ncnc(N)c1F)C1CCCN([C@@H]2CCCNC2)C1=O. The van der Waals surface area contributed by atoms with Gasteiger partial charge in [0.05, 0.1) is 5.69 Å². The van der Waals surface area contributed by atoms with Crippen molar-refractivity contribution in [3.63, 3.8) is 0 Å². The Morgan fingerprint density at radius 1 is 1.18 bits per heavy atom. The molecule has 34 heavy (non-hydrogen) atoms. The van der Waals surface area contributed by atoms with Crippen LogP contribution in [0.25, 0.3) is 0 Å². The summed E-state index contributed by atoms with van der Waals surface area (Å²) >= 11 is 0. The number of anilines is 3. The number of aromatic nitrogens is 2. The predicted octanol–water partition coefficient (Wildman–Crippen LogP) is 1.33. The third-order valence-electron chi connectivity index (χ3n) is 6.38. The first-order valence-electron chi connectivity index (χ1n) is 11.3. The molecule has 0 spiro atoms. The van der Waals surface area contributed by atoms with Crippen molar-refractivity contribution in [1.82, 2.24) is 24.5 Å². The zero-order valence-corrected chi connectivity index (χ0v) is 20.1. The van der Waals surface area contributed by atoms with Gasteiger partial charge in [-0.3, -0.25) is 4.79 Å². The van der Waals surface area contributed by atoms with E-state index in [-0.39, 0.29) is 34.2 Å². The minimum absolute atomic E-state index is 0.0342. The molecule has 2 aliphatic rings. The lowest BCUT2D eigenvalue weighted by Gasteiger charge is -2.43. The van der Waals surface area contributed by atoms with Gasteiger partial charge in [0.25, 0.3) is 0 Å². The van der Waals surface area contributed by atoms with Crippen LogP contribution in [0.3, 0.4) is 0 Å². The molecule has 3 heterocycles. The molecule has 2 fully saturated rings. The first kappa shape index (κ1) is 24.3. The highest BCUT2D eigenvalue weighted by Gasteiger charge is 2.41. The maximum Gasteiger partial charge on any atom is 0.246 e. The van der Waals surface area contributed by atoms with E-state index in [1.165, 1.54) is 25.1 Å². The Bertz CT molecular complexity index is 1150. The lowest BCUT2D eigenvalue weighted by Crippen LogP contribution is -2.57.